The van der Waals surface area contributed by atoms with E-state index in [0.29, 0.717) is 0 Å². The highest BCUT2D eigenvalue weighted by molar-refractivity contribution is 7.09. The molecule has 19 heavy (non-hydrogen) atoms. The Balaban J connectivity index is 2.74. The number of hydrogen-bond donors (Lipinski definition) is 2. The predicted molar refractivity (Wildman–Crippen MR) is 74.0 cm³/mol. The number of amides is 1. The minimum atomic E-state index is -0.511. The average Bonchev–Trinajstić information content (AvgIpc) is 2.56. The van der Waals surface area contributed by atoms with Gasteiger partial charge < -0.3 is 9.84 Å². The van der Waals surface area contributed by atoms with Crippen molar-refractivity contribution in [1.82, 2.24) is 5.32 Å². The number of thiazole rings is 1. The number of rotatable bonds is 3. The molecule has 0 bridgehead atoms. The van der Waals surface area contributed by atoms with Crippen molar-refractivity contribution in [3.63, 3.8) is 0 Å². The summed E-state index contributed by atoms with van der Waals surface area (Å²) in [6.45, 7) is 11.0. The van der Waals surface area contributed by atoms with E-state index in [2.05, 4.69) is 5.32 Å². The summed E-state index contributed by atoms with van der Waals surface area (Å²) in [5.41, 5.74) is 2.33. The SMILES string of the molecule is Cc1c(C(C)O)sc[n+]1C(C)NC(=O)OC(C)(C)C. The van der Waals surface area contributed by atoms with Gasteiger partial charge in [0.05, 0.1) is 6.10 Å². The maximum absolute atomic E-state index is 11.7. The second-order valence-electron chi connectivity index (χ2n) is 5.58. The number of carbonyl (C=O) groups excluding carboxylic acids is 1. The summed E-state index contributed by atoms with van der Waals surface area (Å²) in [7, 11) is 0. The van der Waals surface area contributed by atoms with E-state index in [4.69, 9.17) is 4.74 Å². The van der Waals surface area contributed by atoms with Gasteiger partial charge in [-0.15, -0.1) is 0 Å². The maximum Gasteiger partial charge on any atom is 0.412 e. The molecule has 0 radical (unpaired) electrons. The van der Waals surface area contributed by atoms with Crippen molar-refractivity contribution in [2.75, 3.05) is 0 Å². The molecule has 0 aliphatic carbocycles. The molecular weight excluding hydrogens is 264 g/mol. The lowest BCUT2D eigenvalue weighted by Gasteiger charge is -2.20. The van der Waals surface area contributed by atoms with E-state index in [1.807, 2.05) is 44.7 Å². The van der Waals surface area contributed by atoms with Crippen LogP contribution in [-0.4, -0.2) is 16.8 Å². The highest BCUT2D eigenvalue weighted by Crippen LogP contribution is 2.20. The van der Waals surface area contributed by atoms with Crippen LogP contribution in [0.3, 0.4) is 0 Å². The van der Waals surface area contributed by atoms with Crippen LogP contribution in [0.5, 0.6) is 0 Å². The lowest BCUT2D eigenvalue weighted by atomic mass is 10.2. The Hall–Kier alpha value is -1.14. The van der Waals surface area contributed by atoms with E-state index in [1.165, 1.54) is 11.3 Å². The molecule has 0 aromatic carbocycles. The molecule has 0 spiro atoms. The van der Waals surface area contributed by atoms with Crippen LogP contribution in [0.25, 0.3) is 0 Å². The fraction of sp³-hybridized carbons (Fsp3) is 0.692. The number of aliphatic hydroxyl groups is 1. The molecule has 2 atom stereocenters. The van der Waals surface area contributed by atoms with Gasteiger partial charge in [0.2, 0.25) is 11.7 Å². The fourth-order valence-corrected chi connectivity index (χ4v) is 2.78. The molecule has 2 N–H and O–H groups in total. The molecule has 1 amide bonds. The van der Waals surface area contributed by atoms with Gasteiger partial charge in [0.25, 0.3) is 0 Å². The van der Waals surface area contributed by atoms with Crippen molar-refractivity contribution in [2.24, 2.45) is 0 Å². The van der Waals surface area contributed by atoms with Crippen LogP contribution in [0.1, 0.15) is 57.5 Å². The van der Waals surface area contributed by atoms with Gasteiger partial charge in [0.1, 0.15) is 10.5 Å². The third-order valence-electron chi connectivity index (χ3n) is 2.56. The number of carbonyl (C=O) groups is 1. The number of nitrogens with one attached hydrogen (secondary N) is 1. The fourth-order valence-electron chi connectivity index (χ4n) is 1.74. The minimum absolute atomic E-state index is 0.224. The first-order valence-corrected chi connectivity index (χ1v) is 7.16. The topological polar surface area (TPSA) is 62.4 Å². The molecule has 0 aliphatic rings. The molecule has 0 saturated heterocycles. The summed E-state index contributed by atoms with van der Waals surface area (Å²) in [6, 6.07) is 0. The molecule has 1 aromatic heterocycles. The van der Waals surface area contributed by atoms with Gasteiger partial charge in [-0.2, -0.15) is 4.57 Å². The van der Waals surface area contributed by atoms with Crippen LogP contribution in [0.4, 0.5) is 4.79 Å². The third-order valence-corrected chi connectivity index (χ3v) is 3.78. The van der Waals surface area contributed by atoms with Crippen molar-refractivity contribution in [3.05, 3.63) is 16.1 Å². The Bertz CT molecular complexity index is 449. The molecule has 2 unspecified atom stereocenters. The maximum atomic E-state index is 11.7. The number of nitrogens with zero attached hydrogens (tertiary/aromatic N) is 1. The molecule has 0 fully saturated rings. The third kappa shape index (κ3) is 4.47. The summed E-state index contributed by atoms with van der Waals surface area (Å²) in [4.78, 5) is 12.6. The Morgan fingerprint density at radius 3 is 2.47 bits per heavy atom. The zero-order valence-corrected chi connectivity index (χ0v) is 13.2. The first-order valence-electron chi connectivity index (χ1n) is 6.28. The molecule has 0 aliphatic heterocycles. The largest absolute Gasteiger partial charge is 0.444 e. The van der Waals surface area contributed by atoms with Crippen LogP contribution in [0, 0.1) is 6.92 Å². The second kappa shape index (κ2) is 5.88. The lowest BCUT2D eigenvalue weighted by molar-refractivity contribution is -0.724. The van der Waals surface area contributed by atoms with Crippen LogP contribution >= 0.6 is 11.3 Å². The van der Waals surface area contributed by atoms with Crippen LogP contribution in [0.2, 0.25) is 0 Å². The number of hydrogen-bond acceptors (Lipinski definition) is 4. The van der Waals surface area contributed by atoms with E-state index in [-0.39, 0.29) is 6.17 Å². The van der Waals surface area contributed by atoms with Gasteiger partial charge in [-0.05, 0) is 27.7 Å². The zero-order chi connectivity index (χ0) is 14.8. The lowest BCUT2D eigenvalue weighted by Crippen LogP contribution is -2.49. The monoisotopic (exact) mass is 287 g/mol. The molecule has 0 saturated carbocycles. The zero-order valence-electron chi connectivity index (χ0n) is 12.4. The van der Waals surface area contributed by atoms with Crippen molar-refractivity contribution < 1.29 is 19.2 Å². The van der Waals surface area contributed by atoms with Gasteiger partial charge in [0.15, 0.2) is 5.69 Å². The van der Waals surface area contributed by atoms with Crippen LogP contribution in [-0.2, 0) is 4.74 Å². The quantitative estimate of drug-likeness (QED) is 0.839. The van der Waals surface area contributed by atoms with Crippen molar-refractivity contribution in [2.45, 2.75) is 59.4 Å². The highest BCUT2D eigenvalue weighted by atomic mass is 32.1. The predicted octanol–water partition coefficient (Wildman–Crippen LogP) is 2.44. The molecular formula is C13H23N2O3S+. The average molecular weight is 287 g/mol. The minimum Gasteiger partial charge on any atom is -0.444 e. The number of alkyl carbamates (subject to hydrolysis) is 1. The molecule has 6 heteroatoms. The first-order chi connectivity index (χ1) is 8.61. The van der Waals surface area contributed by atoms with Crippen LogP contribution < -0.4 is 9.88 Å². The van der Waals surface area contributed by atoms with Crippen molar-refractivity contribution in [3.8, 4) is 0 Å². The molecule has 1 aromatic rings. The van der Waals surface area contributed by atoms with Crippen molar-refractivity contribution in [1.29, 1.82) is 0 Å². The Morgan fingerprint density at radius 2 is 2.05 bits per heavy atom. The highest BCUT2D eigenvalue weighted by Gasteiger charge is 2.26. The summed E-state index contributed by atoms with van der Waals surface area (Å²) >= 11 is 1.47. The summed E-state index contributed by atoms with van der Waals surface area (Å²) in [6.07, 6.45) is -1.17. The number of aromatic nitrogens is 1. The van der Waals surface area contributed by atoms with Gasteiger partial charge in [-0.25, -0.2) is 4.79 Å². The molecule has 108 valence electrons. The first kappa shape index (κ1) is 15.9. The molecule has 1 heterocycles. The van der Waals surface area contributed by atoms with Gasteiger partial charge in [0, 0.05) is 13.8 Å². The summed E-state index contributed by atoms with van der Waals surface area (Å²) < 4.78 is 7.13. The number of ether oxygens (including phenoxy) is 1. The molecule has 5 nitrogen and oxygen atoms in total. The Kier molecular flexibility index (Phi) is 4.92. The standard InChI is InChI=1S/C13H22N2O3S/c1-8-11(9(2)16)19-7-15(8)10(3)14-12(17)18-13(4,5)6/h7,9-10,16H,1-6H3/p+1. The van der Waals surface area contributed by atoms with Crippen molar-refractivity contribution >= 4 is 17.4 Å². The van der Waals surface area contributed by atoms with E-state index in [1.54, 1.807) is 6.92 Å². The van der Waals surface area contributed by atoms with Crippen LogP contribution in [0.15, 0.2) is 5.51 Å². The Morgan fingerprint density at radius 1 is 1.47 bits per heavy atom. The molecule has 1 rings (SSSR count). The van der Waals surface area contributed by atoms with Gasteiger partial charge in [-0.1, -0.05) is 11.3 Å². The van der Waals surface area contributed by atoms with E-state index in [9.17, 15) is 9.90 Å². The normalized spacial score (nSPS) is 14.9. The van der Waals surface area contributed by atoms with Gasteiger partial charge >= 0.3 is 6.09 Å². The summed E-state index contributed by atoms with van der Waals surface area (Å²) in [5.74, 6) is 0. The van der Waals surface area contributed by atoms with Gasteiger partial charge in [-0.3, -0.25) is 5.32 Å². The Labute approximate surface area is 118 Å². The smallest absolute Gasteiger partial charge is 0.412 e. The van der Waals surface area contributed by atoms with E-state index in [0.717, 1.165) is 10.6 Å². The number of aliphatic hydroxyl groups excluding tert-OH is 1. The van der Waals surface area contributed by atoms with E-state index >= 15 is 0 Å². The summed E-state index contributed by atoms with van der Waals surface area (Å²) in [5, 5.41) is 12.4. The van der Waals surface area contributed by atoms with E-state index < -0.39 is 17.8 Å². The second-order valence-corrected chi connectivity index (χ2v) is 6.46.